The molecule has 0 bridgehead atoms. The summed E-state index contributed by atoms with van der Waals surface area (Å²) in [6.07, 6.45) is 2.01. The zero-order valence-corrected chi connectivity index (χ0v) is 11.6. The molecule has 2 amide bonds. The van der Waals surface area contributed by atoms with Crippen molar-refractivity contribution in [3.8, 4) is 0 Å². The molecule has 108 valence electrons. The number of amides is 2. The highest BCUT2D eigenvalue weighted by molar-refractivity contribution is 5.97. The molecule has 1 aromatic rings. The Morgan fingerprint density at radius 1 is 1.35 bits per heavy atom. The lowest BCUT2D eigenvalue weighted by atomic mass is 10.1. The van der Waals surface area contributed by atoms with Gasteiger partial charge in [0.25, 0.3) is 0 Å². The van der Waals surface area contributed by atoms with Crippen molar-refractivity contribution in [3.05, 3.63) is 29.8 Å². The van der Waals surface area contributed by atoms with E-state index in [1.807, 2.05) is 6.92 Å². The van der Waals surface area contributed by atoms with Crippen LogP contribution in [0.15, 0.2) is 24.3 Å². The second-order valence-electron chi connectivity index (χ2n) is 4.94. The maximum atomic E-state index is 12.2. The molecule has 1 aliphatic rings. The molecule has 1 fully saturated rings. The Labute approximate surface area is 118 Å². The monoisotopic (exact) mass is 276 g/mol. The first-order valence-corrected chi connectivity index (χ1v) is 6.96. The second kappa shape index (κ2) is 6.52. The van der Waals surface area contributed by atoms with Gasteiger partial charge in [-0.3, -0.25) is 9.59 Å². The van der Waals surface area contributed by atoms with Crippen LogP contribution in [0.2, 0.25) is 0 Å². The average molecular weight is 276 g/mol. The SMILES string of the molecule is CCC(=O)N1CCC[C@H]1C(=O)Nc1ccc(CO)cc1. The summed E-state index contributed by atoms with van der Waals surface area (Å²) in [6.45, 7) is 2.45. The molecule has 0 spiro atoms. The molecule has 1 atom stereocenters. The molecule has 1 saturated heterocycles. The van der Waals surface area contributed by atoms with Gasteiger partial charge in [-0.15, -0.1) is 0 Å². The number of aliphatic hydroxyl groups is 1. The molecule has 1 aromatic carbocycles. The Hall–Kier alpha value is -1.88. The molecule has 1 aliphatic heterocycles. The third-order valence-corrected chi connectivity index (χ3v) is 3.58. The van der Waals surface area contributed by atoms with Gasteiger partial charge in [0, 0.05) is 18.7 Å². The van der Waals surface area contributed by atoms with E-state index in [1.165, 1.54) is 0 Å². The van der Waals surface area contributed by atoms with Crippen LogP contribution in [0.25, 0.3) is 0 Å². The minimum atomic E-state index is -0.361. The first-order chi connectivity index (χ1) is 9.65. The summed E-state index contributed by atoms with van der Waals surface area (Å²) in [5.74, 6) is -0.112. The predicted octanol–water partition coefficient (Wildman–Crippen LogP) is 1.52. The molecule has 2 rings (SSSR count). The van der Waals surface area contributed by atoms with Gasteiger partial charge in [-0.25, -0.2) is 0 Å². The van der Waals surface area contributed by atoms with Crippen molar-refractivity contribution in [2.75, 3.05) is 11.9 Å². The third kappa shape index (κ3) is 3.17. The summed E-state index contributed by atoms with van der Waals surface area (Å²) in [4.78, 5) is 25.7. The van der Waals surface area contributed by atoms with Gasteiger partial charge < -0.3 is 15.3 Å². The van der Waals surface area contributed by atoms with E-state index in [0.717, 1.165) is 12.0 Å². The Morgan fingerprint density at radius 3 is 2.65 bits per heavy atom. The zero-order chi connectivity index (χ0) is 14.5. The Bertz CT molecular complexity index is 484. The van der Waals surface area contributed by atoms with Crippen LogP contribution in [-0.4, -0.2) is 34.4 Å². The number of hydrogen-bond donors (Lipinski definition) is 2. The zero-order valence-electron chi connectivity index (χ0n) is 11.6. The number of aliphatic hydroxyl groups excluding tert-OH is 1. The van der Waals surface area contributed by atoms with Crippen LogP contribution >= 0.6 is 0 Å². The van der Waals surface area contributed by atoms with Gasteiger partial charge in [-0.05, 0) is 30.5 Å². The number of likely N-dealkylation sites (tertiary alicyclic amines) is 1. The Morgan fingerprint density at radius 2 is 2.05 bits per heavy atom. The molecule has 5 nitrogen and oxygen atoms in total. The van der Waals surface area contributed by atoms with Crippen molar-refractivity contribution in [1.29, 1.82) is 0 Å². The number of rotatable bonds is 4. The summed E-state index contributed by atoms with van der Waals surface area (Å²) in [6, 6.07) is 6.67. The van der Waals surface area contributed by atoms with Crippen molar-refractivity contribution in [3.63, 3.8) is 0 Å². The predicted molar refractivity (Wildman–Crippen MR) is 76.0 cm³/mol. The van der Waals surface area contributed by atoms with E-state index in [0.29, 0.717) is 25.1 Å². The standard InChI is InChI=1S/C15H20N2O3/c1-2-14(19)17-9-3-4-13(17)15(20)16-12-7-5-11(10-18)6-8-12/h5-8,13,18H,2-4,9-10H2,1H3,(H,16,20)/t13-/m0/s1. The average Bonchev–Trinajstić information content (AvgIpc) is 2.96. The molecule has 0 aliphatic carbocycles. The lowest BCUT2D eigenvalue weighted by molar-refractivity contribution is -0.136. The lowest BCUT2D eigenvalue weighted by Crippen LogP contribution is -2.42. The van der Waals surface area contributed by atoms with E-state index in [4.69, 9.17) is 5.11 Å². The highest BCUT2D eigenvalue weighted by Crippen LogP contribution is 2.20. The summed E-state index contributed by atoms with van der Waals surface area (Å²) < 4.78 is 0. The molecule has 5 heteroatoms. The summed E-state index contributed by atoms with van der Waals surface area (Å²) in [7, 11) is 0. The van der Waals surface area contributed by atoms with Gasteiger partial charge in [0.1, 0.15) is 6.04 Å². The van der Waals surface area contributed by atoms with Gasteiger partial charge >= 0.3 is 0 Å². The fourth-order valence-electron chi connectivity index (χ4n) is 2.46. The van der Waals surface area contributed by atoms with Crippen molar-refractivity contribution in [2.45, 2.75) is 38.8 Å². The number of anilines is 1. The number of nitrogens with zero attached hydrogens (tertiary/aromatic N) is 1. The maximum Gasteiger partial charge on any atom is 0.247 e. The van der Waals surface area contributed by atoms with Gasteiger partial charge in [0.2, 0.25) is 11.8 Å². The second-order valence-corrected chi connectivity index (χ2v) is 4.94. The fourth-order valence-corrected chi connectivity index (χ4v) is 2.46. The summed E-state index contributed by atoms with van der Waals surface area (Å²) in [5.41, 5.74) is 1.48. The number of nitrogens with one attached hydrogen (secondary N) is 1. The molecule has 0 unspecified atom stereocenters. The van der Waals surface area contributed by atoms with E-state index in [1.54, 1.807) is 29.2 Å². The van der Waals surface area contributed by atoms with Crippen LogP contribution in [-0.2, 0) is 16.2 Å². The van der Waals surface area contributed by atoms with Crippen molar-refractivity contribution in [1.82, 2.24) is 4.90 Å². The molecule has 0 aromatic heterocycles. The molecule has 20 heavy (non-hydrogen) atoms. The lowest BCUT2D eigenvalue weighted by Gasteiger charge is -2.23. The topological polar surface area (TPSA) is 69.6 Å². The van der Waals surface area contributed by atoms with Crippen LogP contribution in [0.4, 0.5) is 5.69 Å². The number of carbonyl (C=O) groups is 2. The van der Waals surface area contributed by atoms with Crippen LogP contribution in [0.1, 0.15) is 31.7 Å². The normalized spacial score (nSPS) is 18.1. The van der Waals surface area contributed by atoms with Crippen LogP contribution < -0.4 is 5.32 Å². The number of hydrogen-bond acceptors (Lipinski definition) is 3. The van der Waals surface area contributed by atoms with E-state index >= 15 is 0 Å². The summed E-state index contributed by atoms with van der Waals surface area (Å²) in [5, 5.41) is 11.8. The molecular formula is C15H20N2O3. The van der Waals surface area contributed by atoms with E-state index in [-0.39, 0.29) is 24.5 Å². The van der Waals surface area contributed by atoms with Gasteiger partial charge in [0.15, 0.2) is 0 Å². The summed E-state index contributed by atoms with van der Waals surface area (Å²) >= 11 is 0. The molecular weight excluding hydrogens is 256 g/mol. The van der Waals surface area contributed by atoms with Crippen LogP contribution in [0.3, 0.4) is 0 Å². The quantitative estimate of drug-likeness (QED) is 0.876. The van der Waals surface area contributed by atoms with Crippen LogP contribution in [0, 0.1) is 0 Å². The number of benzene rings is 1. The Kier molecular flexibility index (Phi) is 4.74. The van der Waals surface area contributed by atoms with Gasteiger partial charge in [0.05, 0.1) is 6.61 Å². The molecule has 1 heterocycles. The van der Waals surface area contributed by atoms with E-state index in [2.05, 4.69) is 5.32 Å². The smallest absolute Gasteiger partial charge is 0.247 e. The fraction of sp³-hybridized carbons (Fsp3) is 0.467. The highest BCUT2D eigenvalue weighted by Gasteiger charge is 2.33. The van der Waals surface area contributed by atoms with Crippen molar-refractivity contribution >= 4 is 17.5 Å². The van der Waals surface area contributed by atoms with E-state index < -0.39 is 0 Å². The minimum absolute atomic E-state index is 0.0182. The first kappa shape index (κ1) is 14.5. The van der Waals surface area contributed by atoms with E-state index in [9.17, 15) is 9.59 Å². The number of carbonyl (C=O) groups excluding carboxylic acids is 2. The van der Waals surface area contributed by atoms with Gasteiger partial charge in [-0.1, -0.05) is 19.1 Å². The minimum Gasteiger partial charge on any atom is -0.392 e. The van der Waals surface area contributed by atoms with Gasteiger partial charge in [-0.2, -0.15) is 0 Å². The molecule has 0 saturated carbocycles. The largest absolute Gasteiger partial charge is 0.392 e. The highest BCUT2D eigenvalue weighted by atomic mass is 16.3. The Balaban J connectivity index is 2.01. The molecule has 2 N–H and O–H groups in total. The van der Waals surface area contributed by atoms with Crippen LogP contribution in [0.5, 0.6) is 0 Å². The van der Waals surface area contributed by atoms with Crippen molar-refractivity contribution in [2.24, 2.45) is 0 Å². The maximum absolute atomic E-state index is 12.2. The molecule has 0 radical (unpaired) electrons. The first-order valence-electron chi connectivity index (χ1n) is 6.96. The third-order valence-electron chi connectivity index (χ3n) is 3.58. The van der Waals surface area contributed by atoms with Crippen molar-refractivity contribution < 1.29 is 14.7 Å².